The number of nitrogens with zero attached hydrogens (tertiary/aromatic N) is 3. The highest BCUT2D eigenvalue weighted by atomic mass is 35.5. The first-order chi connectivity index (χ1) is 15.0. The first-order valence-corrected chi connectivity index (χ1v) is 11.7. The van der Waals surface area contributed by atoms with Gasteiger partial charge in [-0.2, -0.15) is 0 Å². The second kappa shape index (κ2) is 9.92. The lowest BCUT2D eigenvalue weighted by Crippen LogP contribution is -2.43. The molecule has 1 N–H and O–H groups in total. The quantitative estimate of drug-likeness (QED) is 0.586. The number of halogens is 1. The van der Waals surface area contributed by atoms with E-state index in [2.05, 4.69) is 46.4 Å². The van der Waals surface area contributed by atoms with Crippen LogP contribution in [0.3, 0.4) is 0 Å². The van der Waals surface area contributed by atoms with Crippen LogP contribution in [0.4, 0.5) is 5.69 Å². The van der Waals surface area contributed by atoms with Crippen LogP contribution in [0.2, 0.25) is 5.02 Å². The lowest BCUT2D eigenvalue weighted by molar-refractivity contribution is -0.115. The molecule has 1 aliphatic rings. The summed E-state index contributed by atoms with van der Waals surface area (Å²) in [5.74, 6) is -0.0777. The molecule has 0 aliphatic carbocycles. The highest BCUT2D eigenvalue weighted by molar-refractivity contribution is 7.13. The van der Waals surface area contributed by atoms with E-state index in [1.807, 2.05) is 24.4 Å². The van der Waals surface area contributed by atoms with E-state index in [4.69, 9.17) is 16.6 Å². The molecule has 7 heteroatoms. The summed E-state index contributed by atoms with van der Waals surface area (Å²) in [4.78, 5) is 22.1. The number of carbonyl (C=O) groups is 1. The Bertz CT molecular complexity index is 1060. The lowest BCUT2D eigenvalue weighted by atomic mass is 10.1. The van der Waals surface area contributed by atoms with Gasteiger partial charge in [-0.25, -0.2) is 4.98 Å². The van der Waals surface area contributed by atoms with Crippen molar-refractivity contribution in [3.8, 4) is 10.6 Å². The molecule has 162 valence electrons. The van der Waals surface area contributed by atoms with Gasteiger partial charge in [-0.3, -0.25) is 9.69 Å². The third kappa shape index (κ3) is 5.92. The number of aromatic nitrogens is 1. The molecule has 0 unspecified atom stereocenters. The Balaban J connectivity index is 1.38. The van der Waals surface area contributed by atoms with Gasteiger partial charge in [-0.1, -0.05) is 29.8 Å². The number of benzene rings is 2. The van der Waals surface area contributed by atoms with E-state index in [9.17, 15) is 4.79 Å². The highest BCUT2D eigenvalue weighted by Crippen LogP contribution is 2.26. The van der Waals surface area contributed by atoms with Crippen LogP contribution in [0.15, 0.2) is 47.8 Å². The summed E-state index contributed by atoms with van der Waals surface area (Å²) < 4.78 is 0. The fraction of sp³-hybridized carbons (Fsp3) is 0.333. The molecule has 1 fully saturated rings. The summed E-state index contributed by atoms with van der Waals surface area (Å²) in [5, 5.41) is 6.53. The summed E-state index contributed by atoms with van der Waals surface area (Å²) in [6.07, 6.45) is 0.250. The Morgan fingerprint density at radius 2 is 1.97 bits per heavy atom. The van der Waals surface area contributed by atoms with Crippen LogP contribution < -0.4 is 5.32 Å². The third-order valence-electron chi connectivity index (χ3n) is 5.53. The zero-order valence-electron chi connectivity index (χ0n) is 17.9. The zero-order chi connectivity index (χ0) is 21.8. The van der Waals surface area contributed by atoms with Crippen molar-refractivity contribution in [1.82, 2.24) is 14.8 Å². The maximum Gasteiger partial charge on any atom is 0.230 e. The topological polar surface area (TPSA) is 48.5 Å². The molecule has 1 aromatic heterocycles. The fourth-order valence-electron chi connectivity index (χ4n) is 3.71. The number of piperazine rings is 1. The number of thiazole rings is 1. The SMILES string of the molecule is Cc1cc(Cl)ccc1NC(=O)Cc1csc(-c2cccc(CN3CCN(C)CC3)c2)n1. The molecule has 1 amide bonds. The number of anilines is 1. The molecule has 4 rings (SSSR count). The van der Waals surface area contributed by atoms with Gasteiger partial charge in [-0.05, 0) is 49.4 Å². The predicted octanol–water partition coefficient (Wildman–Crippen LogP) is 4.70. The molecule has 0 saturated carbocycles. The second-order valence-electron chi connectivity index (χ2n) is 8.11. The fourth-order valence-corrected chi connectivity index (χ4v) is 4.76. The molecule has 2 aromatic carbocycles. The Hall–Kier alpha value is -2.25. The number of rotatable bonds is 6. The van der Waals surface area contributed by atoms with Crippen molar-refractivity contribution in [2.75, 3.05) is 38.5 Å². The van der Waals surface area contributed by atoms with Gasteiger partial charge in [0.2, 0.25) is 5.91 Å². The van der Waals surface area contributed by atoms with Crippen LogP contribution in [0.1, 0.15) is 16.8 Å². The van der Waals surface area contributed by atoms with E-state index in [1.165, 1.54) is 5.56 Å². The van der Waals surface area contributed by atoms with Crippen molar-refractivity contribution < 1.29 is 4.79 Å². The summed E-state index contributed by atoms with van der Waals surface area (Å²) in [6.45, 7) is 7.33. The Morgan fingerprint density at radius 1 is 1.16 bits per heavy atom. The summed E-state index contributed by atoms with van der Waals surface area (Å²) >= 11 is 7.57. The minimum absolute atomic E-state index is 0.0777. The van der Waals surface area contributed by atoms with Gasteiger partial charge >= 0.3 is 0 Å². The summed E-state index contributed by atoms with van der Waals surface area (Å²) in [5.41, 5.74) is 4.92. The van der Waals surface area contributed by atoms with E-state index >= 15 is 0 Å². The lowest BCUT2D eigenvalue weighted by Gasteiger charge is -2.32. The van der Waals surface area contributed by atoms with Crippen LogP contribution in [0.5, 0.6) is 0 Å². The van der Waals surface area contributed by atoms with E-state index in [-0.39, 0.29) is 12.3 Å². The minimum Gasteiger partial charge on any atom is -0.326 e. The normalized spacial score (nSPS) is 15.2. The van der Waals surface area contributed by atoms with E-state index < -0.39 is 0 Å². The summed E-state index contributed by atoms with van der Waals surface area (Å²) in [6, 6.07) is 14.0. The Labute approximate surface area is 192 Å². The van der Waals surface area contributed by atoms with Crippen molar-refractivity contribution in [3.05, 3.63) is 69.7 Å². The van der Waals surface area contributed by atoms with Gasteiger partial charge in [0.15, 0.2) is 0 Å². The van der Waals surface area contributed by atoms with Gasteiger partial charge in [0.25, 0.3) is 0 Å². The number of hydrogen-bond acceptors (Lipinski definition) is 5. The third-order valence-corrected chi connectivity index (χ3v) is 6.71. The zero-order valence-corrected chi connectivity index (χ0v) is 19.5. The Morgan fingerprint density at radius 3 is 2.74 bits per heavy atom. The molecule has 1 saturated heterocycles. The molecule has 0 atom stereocenters. The molecule has 5 nitrogen and oxygen atoms in total. The molecule has 1 aliphatic heterocycles. The maximum absolute atomic E-state index is 12.5. The standard InChI is InChI=1S/C24H27ClN4OS/c1-17-12-20(25)6-7-22(17)27-23(30)14-21-16-31-24(26-21)19-5-3-4-18(13-19)15-29-10-8-28(2)9-11-29/h3-7,12-13,16H,8-11,14-15H2,1-2H3,(H,27,30). The van der Waals surface area contributed by atoms with Crippen molar-refractivity contribution in [3.63, 3.8) is 0 Å². The van der Waals surface area contributed by atoms with Crippen LogP contribution in [0.25, 0.3) is 10.6 Å². The molecule has 31 heavy (non-hydrogen) atoms. The van der Waals surface area contributed by atoms with Crippen molar-refractivity contribution in [1.29, 1.82) is 0 Å². The molecule has 0 spiro atoms. The average molecular weight is 455 g/mol. The van der Waals surface area contributed by atoms with Crippen molar-refractivity contribution in [2.24, 2.45) is 0 Å². The average Bonchev–Trinajstić information content (AvgIpc) is 3.20. The van der Waals surface area contributed by atoms with Crippen LogP contribution in [0, 0.1) is 6.92 Å². The number of carbonyl (C=O) groups excluding carboxylic acids is 1. The number of hydrogen-bond donors (Lipinski definition) is 1. The number of nitrogens with one attached hydrogen (secondary N) is 1. The first kappa shape index (κ1) is 22.0. The maximum atomic E-state index is 12.5. The number of likely N-dealkylation sites (N-methyl/N-ethyl adjacent to an activating group) is 1. The van der Waals surface area contributed by atoms with E-state index in [0.29, 0.717) is 5.02 Å². The van der Waals surface area contributed by atoms with Gasteiger partial charge < -0.3 is 10.2 Å². The van der Waals surface area contributed by atoms with Gasteiger partial charge in [0.1, 0.15) is 5.01 Å². The molecule has 3 aromatic rings. The van der Waals surface area contributed by atoms with E-state index in [1.54, 1.807) is 17.4 Å². The molecular formula is C24H27ClN4OS. The van der Waals surface area contributed by atoms with Crippen LogP contribution in [-0.4, -0.2) is 53.9 Å². The highest BCUT2D eigenvalue weighted by Gasteiger charge is 2.15. The smallest absolute Gasteiger partial charge is 0.230 e. The molecule has 2 heterocycles. The van der Waals surface area contributed by atoms with Gasteiger partial charge in [0.05, 0.1) is 12.1 Å². The van der Waals surface area contributed by atoms with Crippen LogP contribution >= 0.6 is 22.9 Å². The summed E-state index contributed by atoms with van der Waals surface area (Å²) in [7, 11) is 2.18. The van der Waals surface area contributed by atoms with Gasteiger partial charge in [-0.15, -0.1) is 11.3 Å². The minimum atomic E-state index is -0.0777. The van der Waals surface area contributed by atoms with E-state index in [0.717, 1.165) is 60.2 Å². The Kier molecular flexibility index (Phi) is 7.02. The van der Waals surface area contributed by atoms with Crippen LogP contribution in [-0.2, 0) is 17.8 Å². The molecular weight excluding hydrogens is 428 g/mol. The second-order valence-corrected chi connectivity index (χ2v) is 9.40. The van der Waals surface area contributed by atoms with Crippen molar-refractivity contribution >= 4 is 34.5 Å². The number of amides is 1. The predicted molar refractivity (Wildman–Crippen MR) is 129 cm³/mol. The monoisotopic (exact) mass is 454 g/mol. The molecule has 0 radical (unpaired) electrons. The molecule has 0 bridgehead atoms. The first-order valence-electron chi connectivity index (χ1n) is 10.5. The number of aryl methyl sites for hydroxylation is 1. The largest absolute Gasteiger partial charge is 0.326 e. The van der Waals surface area contributed by atoms with Gasteiger partial charge in [0, 0.05) is 54.4 Å². The van der Waals surface area contributed by atoms with Crippen molar-refractivity contribution in [2.45, 2.75) is 19.9 Å².